The van der Waals surface area contributed by atoms with Gasteiger partial charge >= 0.3 is 0 Å². The van der Waals surface area contributed by atoms with Crippen LogP contribution in [0.25, 0.3) is 0 Å². The fourth-order valence-corrected chi connectivity index (χ4v) is 2.45. The normalized spacial score (nSPS) is 11.3. The van der Waals surface area contributed by atoms with Gasteiger partial charge in [-0.3, -0.25) is 4.72 Å². The lowest BCUT2D eigenvalue weighted by Crippen LogP contribution is -2.17. The molecule has 100 valence electrons. The number of halogens is 2. The summed E-state index contributed by atoms with van der Waals surface area (Å²) in [7, 11) is -4.31. The van der Waals surface area contributed by atoms with Crippen LogP contribution in [0.2, 0.25) is 0 Å². The largest absolute Gasteiger partial charge is 0.399 e. The molecular weight excluding hydrogens is 276 g/mol. The first-order valence-corrected chi connectivity index (χ1v) is 6.57. The van der Waals surface area contributed by atoms with E-state index in [1.54, 1.807) is 0 Å². The molecule has 0 saturated heterocycles. The third kappa shape index (κ3) is 2.79. The van der Waals surface area contributed by atoms with Crippen molar-refractivity contribution in [2.24, 2.45) is 0 Å². The Hall–Kier alpha value is -2.22. The maximum atomic E-state index is 13.4. The zero-order valence-electron chi connectivity index (χ0n) is 9.47. The lowest BCUT2D eigenvalue weighted by Gasteiger charge is -2.09. The van der Waals surface area contributed by atoms with Gasteiger partial charge in [0.2, 0.25) is 5.03 Å². The number of nitrogens with zero attached hydrogens (tertiary/aromatic N) is 1. The van der Waals surface area contributed by atoms with Crippen molar-refractivity contribution in [3.05, 3.63) is 48.2 Å². The number of hydrogen-bond acceptors (Lipinski definition) is 4. The van der Waals surface area contributed by atoms with Crippen LogP contribution in [0.5, 0.6) is 0 Å². The van der Waals surface area contributed by atoms with Gasteiger partial charge in [0.05, 0.1) is 5.69 Å². The number of aromatic nitrogens is 1. The number of anilines is 2. The van der Waals surface area contributed by atoms with E-state index in [9.17, 15) is 17.2 Å². The molecular formula is C11H9F2N3O2S. The zero-order valence-corrected chi connectivity index (χ0v) is 10.3. The van der Waals surface area contributed by atoms with Gasteiger partial charge in [0.25, 0.3) is 10.0 Å². The summed E-state index contributed by atoms with van der Waals surface area (Å²) in [6.07, 6.45) is 1.12. The Labute approximate surface area is 108 Å². The van der Waals surface area contributed by atoms with E-state index in [1.165, 1.54) is 12.1 Å². The molecule has 1 heterocycles. The highest BCUT2D eigenvalue weighted by Gasteiger charge is 2.21. The molecule has 0 bridgehead atoms. The molecule has 3 N–H and O–H groups in total. The summed E-state index contributed by atoms with van der Waals surface area (Å²) in [4.78, 5) is 3.42. The van der Waals surface area contributed by atoms with E-state index in [2.05, 4.69) is 4.98 Å². The summed E-state index contributed by atoms with van der Waals surface area (Å²) in [5.41, 5.74) is 5.22. The molecule has 5 nitrogen and oxygen atoms in total. The number of sulfonamides is 1. The Morgan fingerprint density at radius 1 is 1.16 bits per heavy atom. The average Bonchev–Trinajstić information content (AvgIpc) is 2.34. The van der Waals surface area contributed by atoms with E-state index in [-0.39, 0.29) is 11.4 Å². The van der Waals surface area contributed by atoms with E-state index in [1.807, 2.05) is 4.72 Å². The minimum Gasteiger partial charge on any atom is -0.399 e. The van der Waals surface area contributed by atoms with Crippen LogP contribution in [0.3, 0.4) is 0 Å². The first-order chi connectivity index (χ1) is 8.90. The fraction of sp³-hybridized carbons (Fsp3) is 0. The summed E-state index contributed by atoms with van der Waals surface area (Å²) in [6, 6.07) is 5.55. The molecule has 8 heteroatoms. The first kappa shape index (κ1) is 13.2. The topological polar surface area (TPSA) is 85.1 Å². The summed E-state index contributed by atoms with van der Waals surface area (Å²) >= 11 is 0. The standard InChI is InChI=1S/C11H9F2N3O2S/c12-8-4-3-7(14)6-10(8)16-19(17,18)11-9(13)2-1-5-15-11/h1-6,16H,14H2. The van der Waals surface area contributed by atoms with Gasteiger partial charge in [0, 0.05) is 11.9 Å². The Morgan fingerprint density at radius 2 is 1.89 bits per heavy atom. The smallest absolute Gasteiger partial charge is 0.282 e. The van der Waals surface area contributed by atoms with Gasteiger partial charge in [0.1, 0.15) is 5.82 Å². The van der Waals surface area contributed by atoms with Crippen molar-refractivity contribution in [2.45, 2.75) is 5.03 Å². The van der Waals surface area contributed by atoms with Crippen LogP contribution < -0.4 is 10.5 Å². The van der Waals surface area contributed by atoms with Crippen molar-refractivity contribution in [3.63, 3.8) is 0 Å². The van der Waals surface area contributed by atoms with Crippen LogP contribution in [-0.4, -0.2) is 13.4 Å². The third-order valence-electron chi connectivity index (χ3n) is 2.21. The van der Waals surface area contributed by atoms with Crippen LogP contribution in [0.4, 0.5) is 20.2 Å². The number of pyridine rings is 1. The summed E-state index contributed by atoms with van der Waals surface area (Å²) in [5.74, 6) is -1.85. The predicted molar refractivity (Wildman–Crippen MR) is 65.8 cm³/mol. The second kappa shape index (κ2) is 4.81. The maximum absolute atomic E-state index is 13.4. The molecule has 19 heavy (non-hydrogen) atoms. The second-order valence-corrected chi connectivity index (χ2v) is 5.23. The van der Waals surface area contributed by atoms with Gasteiger partial charge in [-0.2, -0.15) is 8.42 Å². The Bertz CT molecular complexity index is 720. The SMILES string of the molecule is Nc1ccc(F)c(NS(=O)(=O)c2ncccc2F)c1. The number of nitrogens with two attached hydrogens (primary N) is 1. The molecule has 0 aliphatic heterocycles. The predicted octanol–water partition coefficient (Wildman–Crippen LogP) is 1.74. The monoisotopic (exact) mass is 285 g/mol. The van der Waals surface area contributed by atoms with Crippen molar-refractivity contribution < 1.29 is 17.2 Å². The highest BCUT2D eigenvalue weighted by atomic mass is 32.2. The lowest BCUT2D eigenvalue weighted by molar-refractivity contribution is 0.556. The molecule has 1 aromatic carbocycles. The highest BCUT2D eigenvalue weighted by molar-refractivity contribution is 7.92. The van der Waals surface area contributed by atoms with Gasteiger partial charge in [0.15, 0.2) is 5.82 Å². The number of rotatable bonds is 3. The summed E-state index contributed by atoms with van der Waals surface area (Å²) in [6.45, 7) is 0. The zero-order chi connectivity index (χ0) is 14.0. The van der Waals surface area contributed by atoms with Crippen molar-refractivity contribution in [2.75, 3.05) is 10.5 Å². The molecule has 0 unspecified atom stereocenters. The maximum Gasteiger partial charge on any atom is 0.282 e. The van der Waals surface area contributed by atoms with Crippen LogP contribution in [0, 0.1) is 11.6 Å². The van der Waals surface area contributed by atoms with Crippen molar-refractivity contribution >= 4 is 21.4 Å². The van der Waals surface area contributed by atoms with Crippen molar-refractivity contribution in [1.82, 2.24) is 4.98 Å². The molecule has 0 atom stereocenters. The van der Waals surface area contributed by atoms with E-state index >= 15 is 0 Å². The molecule has 0 spiro atoms. The molecule has 2 aromatic rings. The molecule has 0 radical (unpaired) electrons. The van der Waals surface area contributed by atoms with Crippen LogP contribution in [0.15, 0.2) is 41.6 Å². The molecule has 2 rings (SSSR count). The summed E-state index contributed by atoms with van der Waals surface area (Å²) < 4.78 is 52.4. The van der Waals surface area contributed by atoms with Gasteiger partial charge in [-0.25, -0.2) is 13.8 Å². The van der Waals surface area contributed by atoms with Crippen LogP contribution in [0.1, 0.15) is 0 Å². The van der Waals surface area contributed by atoms with E-state index in [0.29, 0.717) is 0 Å². The summed E-state index contributed by atoms with van der Waals surface area (Å²) in [5, 5.41) is -0.808. The van der Waals surface area contributed by atoms with Gasteiger partial charge in [-0.15, -0.1) is 0 Å². The molecule has 0 fully saturated rings. The quantitative estimate of drug-likeness (QED) is 0.841. The second-order valence-electron chi connectivity index (χ2n) is 3.64. The fourth-order valence-electron chi connectivity index (χ4n) is 1.38. The van der Waals surface area contributed by atoms with Crippen molar-refractivity contribution in [1.29, 1.82) is 0 Å². The minimum atomic E-state index is -4.31. The molecule has 0 saturated carbocycles. The molecule has 0 amide bonds. The Morgan fingerprint density at radius 3 is 2.58 bits per heavy atom. The van der Waals surface area contributed by atoms with Crippen LogP contribution >= 0.6 is 0 Å². The first-order valence-electron chi connectivity index (χ1n) is 5.08. The number of nitrogens with one attached hydrogen (secondary N) is 1. The number of benzene rings is 1. The molecule has 0 aliphatic rings. The van der Waals surface area contributed by atoms with E-state index < -0.39 is 26.7 Å². The van der Waals surface area contributed by atoms with E-state index in [4.69, 9.17) is 5.73 Å². The highest BCUT2D eigenvalue weighted by Crippen LogP contribution is 2.21. The third-order valence-corrected chi connectivity index (χ3v) is 3.51. The minimum absolute atomic E-state index is 0.167. The van der Waals surface area contributed by atoms with Gasteiger partial charge < -0.3 is 5.73 Å². The average molecular weight is 285 g/mol. The Kier molecular flexibility index (Phi) is 3.34. The number of nitrogen functional groups attached to an aromatic ring is 1. The van der Waals surface area contributed by atoms with Gasteiger partial charge in [-0.05, 0) is 30.3 Å². The molecule has 0 aliphatic carbocycles. The lowest BCUT2D eigenvalue weighted by atomic mass is 10.3. The van der Waals surface area contributed by atoms with Gasteiger partial charge in [-0.1, -0.05) is 0 Å². The van der Waals surface area contributed by atoms with Crippen LogP contribution in [-0.2, 0) is 10.0 Å². The Balaban J connectivity index is 2.43. The van der Waals surface area contributed by atoms with E-state index in [0.717, 1.165) is 24.4 Å². The molecule has 1 aromatic heterocycles. The van der Waals surface area contributed by atoms with Crippen molar-refractivity contribution in [3.8, 4) is 0 Å². The number of hydrogen-bond donors (Lipinski definition) is 2.